The molecule has 1 aliphatic rings. The fraction of sp³-hybridized carbons (Fsp3) is 0.333. The Labute approximate surface area is 158 Å². The van der Waals surface area contributed by atoms with Crippen LogP contribution in [0, 0.1) is 17.0 Å². The van der Waals surface area contributed by atoms with Gasteiger partial charge in [0.15, 0.2) is 5.75 Å². The van der Waals surface area contributed by atoms with Gasteiger partial charge in [-0.3, -0.25) is 10.1 Å². The first-order chi connectivity index (χ1) is 12.8. The van der Waals surface area contributed by atoms with Crippen LogP contribution in [0.4, 0.5) is 11.4 Å². The van der Waals surface area contributed by atoms with Gasteiger partial charge in [0, 0.05) is 44.0 Å². The van der Waals surface area contributed by atoms with Crippen LogP contribution in [0.1, 0.15) is 5.56 Å². The molecule has 1 fully saturated rings. The summed E-state index contributed by atoms with van der Waals surface area (Å²) in [6, 6.07) is 11.5. The Morgan fingerprint density at radius 1 is 1.04 bits per heavy atom. The van der Waals surface area contributed by atoms with E-state index in [1.165, 1.54) is 17.5 Å². The molecule has 0 atom stereocenters. The quantitative estimate of drug-likeness (QED) is 0.574. The smallest absolute Gasteiger partial charge is 0.311 e. The second-order valence-corrected chi connectivity index (χ2v) is 8.26. The number of methoxy groups -OCH3 is 1. The van der Waals surface area contributed by atoms with E-state index in [4.69, 9.17) is 4.74 Å². The van der Waals surface area contributed by atoms with Gasteiger partial charge < -0.3 is 9.64 Å². The monoisotopic (exact) mass is 391 g/mol. The maximum Gasteiger partial charge on any atom is 0.311 e. The van der Waals surface area contributed by atoms with Gasteiger partial charge in [0.25, 0.3) is 0 Å². The minimum absolute atomic E-state index is 0.0955. The zero-order chi connectivity index (χ0) is 19.6. The van der Waals surface area contributed by atoms with Crippen LogP contribution >= 0.6 is 0 Å². The second-order valence-electron chi connectivity index (χ2n) is 6.32. The van der Waals surface area contributed by atoms with Gasteiger partial charge in [-0.05, 0) is 25.1 Å². The number of sulfonamides is 1. The van der Waals surface area contributed by atoms with Gasteiger partial charge in [-0.1, -0.05) is 17.7 Å². The molecular weight excluding hydrogens is 370 g/mol. The predicted molar refractivity (Wildman–Crippen MR) is 102 cm³/mol. The Kier molecular flexibility index (Phi) is 5.33. The van der Waals surface area contributed by atoms with Gasteiger partial charge in [-0.15, -0.1) is 0 Å². The molecule has 0 unspecified atom stereocenters. The number of nitro groups is 1. The van der Waals surface area contributed by atoms with E-state index >= 15 is 0 Å². The number of hydrogen-bond donors (Lipinski definition) is 0. The SMILES string of the molecule is COc1cc(N2CCN(S(=O)(=O)c3ccc(C)cc3)CC2)ccc1[N+](=O)[O-]. The van der Waals surface area contributed by atoms with E-state index in [0.29, 0.717) is 31.1 Å². The molecule has 0 N–H and O–H groups in total. The number of benzene rings is 2. The van der Waals surface area contributed by atoms with Crippen molar-refractivity contribution in [3.8, 4) is 5.75 Å². The summed E-state index contributed by atoms with van der Waals surface area (Å²) in [6.45, 7) is 3.58. The van der Waals surface area contributed by atoms with Crippen molar-refractivity contribution in [1.82, 2.24) is 4.31 Å². The van der Waals surface area contributed by atoms with Gasteiger partial charge in [-0.2, -0.15) is 4.31 Å². The van der Waals surface area contributed by atoms with Gasteiger partial charge in [0.05, 0.1) is 16.9 Å². The normalized spacial score (nSPS) is 15.6. The van der Waals surface area contributed by atoms with Crippen molar-refractivity contribution in [2.45, 2.75) is 11.8 Å². The fourth-order valence-corrected chi connectivity index (χ4v) is 4.48. The van der Waals surface area contributed by atoms with Gasteiger partial charge in [0.2, 0.25) is 10.0 Å². The van der Waals surface area contributed by atoms with Crippen molar-refractivity contribution in [2.24, 2.45) is 0 Å². The first-order valence-electron chi connectivity index (χ1n) is 8.47. The van der Waals surface area contributed by atoms with E-state index in [-0.39, 0.29) is 11.4 Å². The summed E-state index contributed by atoms with van der Waals surface area (Å²) in [7, 11) is -2.14. The topological polar surface area (TPSA) is 93.0 Å². The average molecular weight is 391 g/mol. The summed E-state index contributed by atoms with van der Waals surface area (Å²) in [5, 5.41) is 11.0. The summed E-state index contributed by atoms with van der Waals surface area (Å²) >= 11 is 0. The molecule has 2 aromatic carbocycles. The number of ether oxygens (including phenoxy) is 1. The Morgan fingerprint density at radius 3 is 2.22 bits per heavy atom. The van der Waals surface area contributed by atoms with E-state index in [1.54, 1.807) is 36.4 Å². The van der Waals surface area contributed by atoms with Crippen molar-refractivity contribution in [1.29, 1.82) is 0 Å². The van der Waals surface area contributed by atoms with Crippen LogP contribution < -0.4 is 9.64 Å². The molecule has 0 saturated carbocycles. The highest BCUT2D eigenvalue weighted by Crippen LogP contribution is 2.32. The van der Waals surface area contributed by atoms with Crippen LogP contribution in [0.3, 0.4) is 0 Å². The lowest BCUT2D eigenvalue weighted by Crippen LogP contribution is -2.48. The van der Waals surface area contributed by atoms with Crippen molar-refractivity contribution in [3.63, 3.8) is 0 Å². The zero-order valence-electron chi connectivity index (χ0n) is 15.2. The first-order valence-corrected chi connectivity index (χ1v) is 9.91. The third-order valence-electron chi connectivity index (χ3n) is 4.62. The molecule has 0 aliphatic carbocycles. The molecule has 144 valence electrons. The minimum atomic E-state index is -3.52. The molecule has 1 saturated heterocycles. The third kappa shape index (κ3) is 3.88. The molecule has 0 bridgehead atoms. The molecule has 0 aromatic heterocycles. The summed E-state index contributed by atoms with van der Waals surface area (Å²) in [6.07, 6.45) is 0. The van der Waals surface area contributed by atoms with Gasteiger partial charge >= 0.3 is 5.69 Å². The van der Waals surface area contributed by atoms with E-state index in [2.05, 4.69) is 0 Å². The summed E-state index contributed by atoms with van der Waals surface area (Å²) < 4.78 is 32.1. The lowest BCUT2D eigenvalue weighted by molar-refractivity contribution is -0.385. The van der Waals surface area contributed by atoms with E-state index in [1.807, 2.05) is 11.8 Å². The van der Waals surface area contributed by atoms with E-state index < -0.39 is 14.9 Å². The highest BCUT2D eigenvalue weighted by Gasteiger charge is 2.29. The summed E-state index contributed by atoms with van der Waals surface area (Å²) in [5.41, 5.74) is 1.68. The molecule has 0 amide bonds. The van der Waals surface area contributed by atoms with Crippen molar-refractivity contribution < 1.29 is 18.1 Å². The largest absolute Gasteiger partial charge is 0.490 e. The van der Waals surface area contributed by atoms with E-state index in [0.717, 1.165) is 11.3 Å². The van der Waals surface area contributed by atoms with Crippen molar-refractivity contribution in [2.75, 3.05) is 38.2 Å². The van der Waals surface area contributed by atoms with Gasteiger partial charge in [-0.25, -0.2) is 8.42 Å². The molecule has 1 heterocycles. The molecule has 9 heteroatoms. The molecule has 3 rings (SSSR count). The first kappa shape index (κ1) is 19.1. The number of rotatable bonds is 5. The number of nitrogens with zero attached hydrogens (tertiary/aromatic N) is 3. The van der Waals surface area contributed by atoms with Gasteiger partial charge in [0.1, 0.15) is 0 Å². The maximum absolute atomic E-state index is 12.8. The maximum atomic E-state index is 12.8. The molecule has 8 nitrogen and oxygen atoms in total. The number of nitro benzene ring substituents is 1. The van der Waals surface area contributed by atoms with Crippen LogP contribution in [0.2, 0.25) is 0 Å². The summed E-state index contributed by atoms with van der Waals surface area (Å²) in [5.74, 6) is 0.187. The number of aryl methyl sites for hydroxylation is 1. The van der Waals surface area contributed by atoms with Crippen LogP contribution in [-0.2, 0) is 10.0 Å². The molecule has 0 spiro atoms. The Hall–Kier alpha value is -2.65. The zero-order valence-corrected chi connectivity index (χ0v) is 16.0. The molecular formula is C18H21N3O5S. The van der Waals surface area contributed by atoms with Crippen molar-refractivity contribution >= 4 is 21.4 Å². The number of hydrogen-bond acceptors (Lipinski definition) is 6. The minimum Gasteiger partial charge on any atom is -0.490 e. The van der Waals surface area contributed by atoms with Crippen LogP contribution in [0.5, 0.6) is 5.75 Å². The second kappa shape index (κ2) is 7.53. The highest BCUT2D eigenvalue weighted by molar-refractivity contribution is 7.89. The Balaban J connectivity index is 1.73. The van der Waals surface area contributed by atoms with E-state index in [9.17, 15) is 18.5 Å². The van der Waals surface area contributed by atoms with Crippen LogP contribution in [0.25, 0.3) is 0 Å². The molecule has 2 aromatic rings. The Bertz CT molecular complexity index is 936. The number of anilines is 1. The third-order valence-corrected chi connectivity index (χ3v) is 6.54. The molecule has 0 radical (unpaired) electrons. The summed E-state index contributed by atoms with van der Waals surface area (Å²) in [4.78, 5) is 12.8. The number of piperazine rings is 1. The Morgan fingerprint density at radius 2 is 1.67 bits per heavy atom. The average Bonchev–Trinajstić information content (AvgIpc) is 2.67. The van der Waals surface area contributed by atoms with Crippen molar-refractivity contribution in [3.05, 3.63) is 58.1 Å². The van der Waals surface area contributed by atoms with Crippen LogP contribution in [0.15, 0.2) is 47.4 Å². The lowest BCUT2D eigenvalue weighted by Gasteiger charge is -2.35. The lowest BCUT2D eigenvalue weighted by atomic mass is 10.2. The fourth-order valence-electron chi connectivity index (χ4n) is 3.06. The van der Waals surface area contributed by atoms with Crippen LogP contribution in [-0.4, -0.2) is 50.9 Å². The molecule has 1 aliphatic heterocycles. The standard InChI is InChI=1S/C18H21N3O5S/c1-14-3-6-16(7-4-14)27(24,25)20-11-9-19(10-12-20)15-5-8-17(21(22)23)18(13-15)26-2/h3-8,13H,9-12H2,1-2H3. The highest BCUT2D eigenvalue weighted by atomic mass is 32.2. The predicted octanol–water partition coefficient (Wildman–Crippen LogP) is 2.42. The molecule has 27 heavy (non-hydrogen) atoms.